The van der Waals surface area contributed by atoms with Crippen molar-refractivity contribution in [3.63, 3.8) is 0 Å². The first-order valence-corrected chi connectivity index (χ1v) is 25.9. The van der Waals surface area contributed by atoms with Crippen LogP contribution >= 0.6 is 0 Å². The smallest absolute Gasteiger partial charge is 0.179 e. The number of para-hydroxylation sites is 1. The Morgan fingerprint density at radius 1 is 0.309 bits per heavy atom. The molecule has 11 aromatic rings. The zero-order valence-corrected chi connectivity index (χ0v) is 39.3. The van der Waals surface area contributed by atoms with Crippen LogP contribution < -0.4 is 25.6 Å². The molecule has 0 fully saturated rings. The van der Waals surface area contributed by atoms with Crippen molar-refractivity contribution >= 4 is 67.4 Å². The molecular formula is C66H49NSi. The van der Waals surface area contributed by atoms with E-state index in [-0.39, 0.29) is 5.41 Å². The Balaban J connectivity index is 1.01. The maximum atomic E-state index is 2.58. The van der Waals surface area contributed by atoms with Gasteiger partial charge in [0.25, 0.3) is 0 Å². The number of nitrogens with zero attached hydrogens (tertiary/aromatic N) is 1. The van der Waals surface area contributed by atoms with Crippen molar-refractivity contribution in [1.82, 2.24) is 0 Å². The van der Waals surface area contributed by atoms with Crippen LogP contribution in [-0.4, -0.2) is 8.07 Å². The van der Waals surface area contributed by atoms with Crippen molar-refractivity contribution in [2.75, 3.05) is 4.90 Å². The molecule has 0 unspecified atom stereocenters. The van der Waals surface area contributed by atoms with Crippen LogP contribution in [-0.2, 0) is 10.8 Å². The van der Waals surface area contributed by atoms with Crippen molar-refractivity contribution < 1.29 is 0 Å². The summed E-state index contributed by atoms with van der Waals surface area (Å²) in [5.74, 6) is 0. The summed E-state index contributed by atoms with van der Waals surface area (Å²) in [5, 5.41) is 10.8. The molecule has 322 valence electrons. The highest BCUT2D eigenvalue weighted by Gasteiger charge is 2.47. The quantitative estimate of drug-likeness (QED) is 0.0793. The van der Waals surface area contributed by atoms with E-state index >= 15 is 0 Å². The van der Waals surface area contributed by atoms with Crippen LogP contribution in [0.15, 0.2) is 261 Å². The Bertz CT molecular complexity index is 3540. The maximum Gasteiger partial charge on any atom is 0.179 e. The van der Waals surface area contributed by atoms with E-state index in [9.17, 15) is 0 Å². The second kappa shape index (κ2) is 15.5. The SMILES string of the molecule is CC1(C)c2cc(N(c3ccccc3)c3cc4c5c(ccc6cccc(c65)C4(c4ccccc4)c4ccccc4)c3)ccc2-c2ccc([Si](c3ccccc3)(c3ccccc3)c3ccccc3)cc21. The Morgan fingerprint density at radius 2 is 0.779 bits per heavy atom. The molecule has 0 saturated heterocycles. The molecule has 0 amide bonds. The van der Waals surface area contributed by atoms with Crippen molar-refractivity contribution in [1.29, 1.82) is 0 Å². The third kappa shape index (κ3) is 5.74. The fourth-order valence-electron chi connectivity index (χ4n) is 12.5. The van der Waals surface area contributed by atoms with Gasteiger partial charge in [0.05, 0.1) is 5.41 Å². The molecule has 0 aliphatic heterocycles. The van der Waals surface area contributed by atoms with Gasteiger partial charge in [-0.25, -0.2) is 0 Å². The number of hydrogen-bond donors (Lipinski definition) is 0. The van der Waals surface area contributed by atoms with E-state index in [1.54, 1.807) is 0 Å². The minimum Gasteiger partial charge on any atom is -0.310 e. The third-order valence-corrected chi connectivity index (χ3v) is 20.2. The van der Waals surface area contributed by atoms with E-state index in [1.807, 2.05) is 0 Å². The van der Waals surface area contributed by atoms with Crippen LogP contribution in [0.1, 0.15) is 47.2 Å². The average molecular weight is 884 g/mol. The molecule has 0 radical (unpaired) electrons. The van der Waals surface area contributed by atoms with E-state index in [1.165, 1.54) is 86.8 Å². The molecule has 11 aromatic carbocycles. The molecule has 0 spiro atoms. The molecule has 0 bridgehead atoms. The van der Waals surface area contributed by atoms with Crippen molar-refractivity contribution in [3.05, 3.63) is 294 Å². The lowest BCUT2D eigenvalue weighted by Gasteiger charge is -2.35. The summed E-state index contributed by atoms with van der Waals surface area (Å²) in [6.45, 7) is 4.87. The number of hydrogen-bond acceptors (Lipinski definition) is 1. The number of anilines is 3. The first kappa shape index (κ1) is 40.2. The van der Waals surface area contributed by atoms with Crippen molar-refractivity contribution in [2.24, 2.45) is 0 Å². The van der Waals surface area contributed by atoms with Gasteiger partial charge in [0.1, 0.15) is 0 Å². The highest BCUT2D eigenvalue weighted by molar-refractivity contribution is 7.19. The Labute approximate surface area is 400 Å². The summed E-state index contributed by atoms with van der Waals surface area (Å²) < 4.78 is 0. The largest absolute Gasteiger partial charge is 0.310 e. The summed E-state index contributed by atoms with van der Waals surface area (Å²) in [6.07, 6.45) is 0. The van der Waals surface area contributed by atoms with Gasteiger partial charge in [-0.3, -0.25) is 0 Å². The van der Waals surface area contributed by atoms with E-state index in [0.29, 0.717) is 0 Å². The topological polar surface area (TPSA) is 3.24 Å². The van der Waals surface area contributed by atoms with Crippen molar-refractivity contribution in [2.45, 2.75) is 24.7 Å². The summed E-state index contributed by atoms with van der Waals surface area (Å²) in [4.78, 5) is 2.49. The molecule has 0 heterocycles. The zero-order valence-electron chi connectivity index (χ0n) is 38.3. The van der Waals surface area contributed by atoms with Gasteiger partial charge in [0.15, 0.2) is 8.07 Å². The van der Waals surface area contributed by atoms with E-state index in [0.717, 1.165) is 17.1 Å². The Morgan fingerprint density at radius 3 is 1.35 bits per heavy atom. The summed E-state index contributed by atoms with van der Waals surface area (Å²) in [7, 11) is -2.74. The predicted molar refractivity (Wildman–Crippen MR) is 289 cm³/mol. The number of benzene rings is 11. The van der Waals surface area contributed by atoms with Gasteiger partial charge < -0.3 is 4.90 Å². The van der Waals surface area contributed by atoms with Gasteiger partial charge in [0, 0.05) is 22.5 Å². The van der Waals surface area contributed by atoms with Gasteiger partial charge in [-0.1, -0.05) is 238 Å². The minimum atomic E-state index is -2.74. The molecule has 0 atom stereocenters. The minimum absolute atomic E-state index is 0.274. The Hall–Kier alpha value is -8.04. The molecule has 0 aromatic heterocycles. The van der Waals surface area contributed by atoms with Crippen LogP contribution in [0.4, 0.5) is 17.1 Å². The lowest BCUT2D eigenvalue weighted by atomic mass is 9.67. The molecule has 2 heteroatoms. The van der Waals surface area contributed by atoms with Crippen LogP contribution in [0.5, 0.6) is 0 Å². The maximum absolute atomic E-state index is 2.74. The fourth-order valence-corrected chi connectivity index (χ4v) is 17.2. The highest BCUT2D eigenvalue weighted by atomic mass is 28.3. The molecule has 0 N–H and O–H groups in total. The standard InChI is InChI=1S/C66H49NSi/c1-65(2)60-43-51(38-40-57(60)58-41-39-56(45-61(58)65)68(53-29-15-6-16-30-53,54-31-17-7-18-32-54)55-33-19-8-20-34-55)67(50-27-13-5-14-28-50)52-42-47-37-36-46-22-21-35-59-63(46)64(47)62(44-52)66(59,48-23-9-3-10-24-48)49-25-11-4-12-26-49/h3-45H,1-2H3. The van der Waals surface area contributed by atoms with E-state index in [2.05, 4.69) is 280 Å². The van der Waals surface area contributed by atoms with Gasteiger partial charge >= 0.3 is 0 Å². The molecule has 2 aliphatic rings. The first-order chi connectivity index (χ1) is 33.5. The lowest BCUT2D eigenvalue weighted by Crippen LogP contribution is -2.74. The Kier molecular flexibility index (Phi) is 9.19. The number of fused-ring (bicyclic) bond motifs is 3. The predicted octanol–water partition coefficient (Wildman–Crippen LogP) is 13.8. The summed E-state index contributed by atoms with van der Waals surface area (Å²) in [5.41, 5.74) is 13.2. The summed E-state index contributed by atoms with van der Waals surface area (Å²) in [6, 6.07) is 98.3. The van der Waals surface area contributed by atoms with Gasteiger partial charge in [-0.05, 0) is 123 Å². The molecule has 1 nitrogen and oxygen atoms in total. The normalized spacial score (nSPS) is 14.0. The molecular weight excluding hydrogens is 835 g/mol. The third-order valence-electron chi connectivity index (χ3n) is 15.4. The molecule has 68 heavy (non-hydrogen) atoms. The first-order valence-electron chi connectivity index (χ1n) is 23.9. The fraction of sp³-hybridized carbons (Fsp3) is 0.0606. The molecule has 0 saturated carbocycles. The van der Waals surface area contributed by atoms with Gasteiger partial charge in [-0.2, -0.15) is 0 Å². The van der Waals surface area contributed by atoms with Crippen LogP contribution in [0.2, 0.25) is 0 Å². The van der Waals surface area contributed by atoms with Gasteiger partial charge in [0.2, 0.25) is 0 Å². The summed E-state index contributed by atoms with van der Waals surface area (Å²) >= 11 is 0. The molecule has 2 aliphatic carbocycles. The second-order valence-corrected chi connectivity index (χ2v) is 23.0. The average Bonchev–Trinajstić information content (AvgIpc) is 3.83. The van der Waals surface area contributed by atoms with Crippen molar-refractivity contribution in [3.8, 4) is 11.1 Å². The zero-order chi connectivity index (χ0) is 45.5. The monoisotopic (exact) mass is 883 g/mol. The van der Waals surface area contributed by atoms with Gasteiger partial charge in [-0.15, -0.1) is 0 Å². The lowest BCUT2D eigenvalue weighted by molar-refractivity contribution is 0.661. The number of rotatable bonds is 9. The van der Waals surface area contributed by atoms with Crippen LogP contribution in [0.3, 0.4) is 0 Å². The van der Waals surface area contributed by atoms with Crippen LogP contribution in [0, 0.1) is 0 Å². The molecule has 13 rings (SSSR count). The highest BCUT2D eigenvalue weighted by Crippen LogP contribution is 2.58. The second-order valence-electron chi connectivity index (χ2n) is 19.2. The van der Waals surface area contributed by atoms with E-state index in [4.69, 9.17) is 0 Å². The van der Waals surface area contributed by atoms with Crippen LogP contribution in [0.25, 0.3) is 32.7 Å². The van der Waals surface area contributed by atoms with E-state index < -0.39 is 13.5 Å².